The second kappa shape index (κ2) is 6.90. The lowest BCUT2D eigenvalue weighted by molar-refractivity contribution is -0.384. The van der Waals surface area contributed by atoms with Crippen LogP contribution in [0.5, 0.6) is 5.75 Å². The number of aliphatic hydroxyl groups excluding tert-OH is 1. The summed E-state index contributed by atoms with van der Waals surface area (Å²) in [6.07, 6.45) is 5.10. The van der Waals surface area contributed by atoms with Gasteiger partial charge in [0.05, 0.1) is 11.0 Å². The fourth-order valence-corrected chi connectivity index (χ4v) is 2.86. The maximum Gasteiger partial charge on any atom is 0.288 e. The Hall–Kier alpha value is -1.33. The Kier molecular flexibility index (Phi) is 5.20. The van der Waals surface area contributed by atoms with Gasteiger partial charge in [-0.25, -0.2) is 0 Å². The predicted octanol–water partition coefficient (Wildman–Crippen LogP) is 3.57. The van der Waals surface area contributed by atoms with Crippen molar-refractivity contribution in [2.75, 3.05) is 6.61 Å². The molecule has 1 aromatic rings. The van der Waals surface area contributed by atoms with Crippen LogP contribution < -0.4 is 4.74 Å². The van der Waals surface area contributed by atoms with Crippen LogP contribution in [0, 0.1) is 16.0 Å². The van der Waals surface area contributed by atoms with Gasteiger partial charge in [-0.2, -0.15) is 0 Å². The van der Waals surface area contributed by atoms with Gasteiger partial charge in [0.15, 0.2) is 0 Å². The SMILES string of the molecule is O=[N+]([O-])c1ccc(OCC(O)CC2CCCC2)cc1Cl. The van der Waals surface area contributed by atoms with Crippen molar-refractivity contribution in [1.82, 2.24) is 0 Å². The second-order valence-corrected chi connectivity index (χ2v) is 5.63. The standard InChI is InChI=1S/C14H18ClNO4/c15-13-8-12(5-6-14(13)16(18)19)20-9-11(17)7-10-3-1-2-4-10/h5-6,8,10-11,17H,1-4,7,9H2. The van der Waals surface area contributed by atoms with Crippen LogP contribution in [0.1, 0.15) is 32.1 Å². The van der Waals surface area contributed by atoms with Gasteiger partial charge in [0.2, 0.25) is 0 Å². The van der Waals surface area contributed by atoms with Gasteiger partial charge in [0.25, 0.3) is 5.69 Å². The van der Waals surface area contributed by atoms with E-state index in [0.717, 1.165) is 6.42 Å². The summed E-state index contributed by atoms with van der Waals surface area (Å²) in [6, 6.07) is 4.20. The lowest BCUT2D eigenvalue weighted by Gasteiger charge is -2.16. The van der Waals surface area contributed by atoms with E-state index >= 15 is 0 Å². The van der Waals surface area contributed by atoms with Gasteiger partial charge in [-0.3, -0.25) is 10.1 Å². The molecular formula is C14H18ClNO4. The largest absolute Gasteiger partial charge is 0.491 e. The van der Waals surface area contributed by atoms with Crippen LogP contribution in [0.25, 0.3) is 0 Å². The van der Waals surface area contributed by atoms with Crippen LogP contribution in [0.2, 0.25) is 5.02 Å². The Bertz CT molecular complexity index is 474. The van der Waals surface area contributed by atoms with Crippen molar-refractivity contribution >= 4 is 17.3 Å². The molecule has 1 fully saturated rings. The Morgan fingerprint density at radius 2 is 2.15 bits per heavy atom. The number of ether oxygens (including phenoxy) is 1. The fourth-order valence-electron chi connectivity index (χ4n) is 2.62. The summed E-state index contributed by atoms with van der Waals surface area (Å²) in [5.41, 5.74) is -0.148. The van der Waals surface area contributed by atoms with Crippen LogP contribution in [-0.2, 0) is 0 Å². The molecule has 1 aliphatic carbocycles. The fraction of sp³-hybridized carbons (Fsp3) is 0.571. The summed E-state index contributed by atoms with van der Waals surface area (Å²) in [7, 11) is 0. The lowest BCUT2D eigenvalue weighted by Crippen LogP contribution is -2.20. The molecule has 1 N–H and O–H groups in total. The highest BCUT2D eigenvalue weighted by molar-refractivity contribution is 6.32. The quantitative estimate of drug-likeness (QED) is 0.644. The molecule has 1 aromatic carbocycles. The van der Waals surface area contributed by atoms with Crippen molar-refractivity contribution in [3.05, 3.63) is 33.3 Å². The third-order valence-corrected chi connectivity index (χ3v) is 3.94. The first-order valence-corrected chi connectivity index (χ1v) is 7.19. The molecule has 0 saturated heterocycles. The molecule has 0 amide bonds. The predicted molar refractivity (Wildman–Crippen MR) is 76.2 cm³/mol. The molecule has 5 nitrogen and oxygen atoms in total. The number of nitro groups is 1. The smallest absolute Gasteiger partial charge is 0.288 e. The molecule has 0 bridgehead atoms. The van der Waals surface area contributed by atoms with Gasteiger partial charge >= 0.3 is 0 Å². The van der Waals surface area contributed by atoms with E-state index in [4.69, 9.17) is 16.3 Å². The molecule has 0 radical (unpaired) electrons. The summed E-state index contributed by atoms with van der Waals surface area (Å²) >= 11 is 5.79. The van der Waals surface area contributed by atoms with Gasteiger partial charge in [0, 0.05) is 12.1 Å². The summed E-state index contributed by atoms with van der Waals surface area (Å²) in [6.45, 7) is 0.185. The molecule has 0 heterocycles. The van der Waals surface area contributed by atoms with Crippen molar-refractivity contribution in [2.45, 2.75) is 38.2 Å². The molecule has 1 atom stereocenters. The number of nitrogens with zero attached hydrogens (tertiary/aromatic N) is 1. The number of rotatable bonds is 6. The van der Waals surface area contributed by atoms with E-state index in [1.165, 1.54) is 43.9 Å². The molecule has 1 aliphatic rings. The first-order valence-electron chi connectivity index (χ1n) is 6.81. The molecule has 6 heteroatoms. The highest BCUT2D eigenvalue weighted by Crippen LogP contribution is 2.30. The molecule has 0 aromatic heterocycles. The number of halogens is 1. The van der Waals surface area contributed by atoms with Gasteiger partial charge in [-0.05, 0) is 18.4 Å². The van der Waals surface area contributed by atoms with Crippen LogP contribution in [0.15, 0.2) is 18.2 Å². The van der Waals surface area contributed by atoms with Gasteiger partial charge in [-0.1, -0.05) is 37.3 Å². The maximum atomic E-state index is 10.6. The average Bonchev–Trinajstić information content (AvgIpc) is 2.89. The Morgan fingerprint density at radius 1 is 1.45 bits per heavy atom. The summed E-state index contributed by atoms with van der Waals surface area (Å²) in [5, 5.41) is 20.6. The topological polar surface area (TPSA) is 72.6 Å². The van der Waals surface area contributed by atoms with E-state index in [2.05, 4.69) is 0 Å². The zero-order chi connectivity index (χ0) is 14.5. The molecule has 2 rings (SSSR count). The van der Waals surface area contributed by atoms with Gasteiger partial charge in [-0.15, -0.1) is 0 Å². The number of hydrogen-bond donors (Lipinski definition) is 1. The second-order valence-electron chi connectivity index (χ2n) is 5.22. The van der Waals surface area contributed by atoms with Crippen molar-refractivity contribution in [2.24, 2.45) is 5.92 Å². The minimum absolute atomic E-state index is 0.0396. The van der Waals surface area contributed by atoms with E-state index in [1.54, 1.807) is 0 Å². The van der Waals surface area contributed by atoms with Crippen molar-refractivity contribution in [3.8, 4) is 5.75 Å². The van der Waals surface area contributed by atoms with Crippen molar-refractivity contribution < 1.29 is 14.8 Å². The van der Waals surface area contributed by atoms with Crippen molar-refractivity contribution in [3.63, 3.8) is 0 Å². The molecule has 1 unspecified atom stereocenters. The Morgan fingerprint density at radius 3 is 2.75 bits per heavy atom. The zero-order valence-electron chi connectivity index (χ0n) is 11.1. The third-order valence-electron chi connectivity index (χ3n) is 3.64. The summed E-state index contributed by atoms with van der Waals surface area (Å²) in [4.78, 5) is 10.1. The number of aliphatic hydroxyl groups is 1. The monoisotopic (exact) mass is 299 g/mol. The Balaban J connectivity index is 1.84. The third kappa shape index (κ3) is 4.08. The van der Waals surface area contributed by atoms with E-state index in [-0.39, 0.29) is 17.3 Å². The van der Waals surface area contributed by atoms with Crippen LogP contribution in [0.4, 0.5) is 5.69 Å². The highest BCUT2D eigenvalue weighted by Gasteiger charge is 2.19. The van der Waals surface area contributed by atoms with Crippen molar-refractivity contribution in [1.29, 1.82) is 0 Å². The minimum atomic E-state index is -0.541. The Labute approximate surface area is 122 Å². The van der Waals surface area contributed by atoms with Crippen LogP contribution >= 0.6 is 11.6 Å². The van der Waals surface area contributed by atoms with Crippen LogP contribution in [-0.4, -0.2) is 22.7 Å². The molecule has 20 heavy (non-hydrogen) atoms. The van der Waals surface area contributed by atoms with E-state index in [1.807, 2.05) is 0 Å². The molecular weight excluding hydrogens is 282 g/mol. The molecule has 0 spiro atoms. The number of benzene rings is 1. The number of nitro benzene ring substituents is 1. The summed E-state index contributed by atoms with van der Waals surface area (Å²) < 4.78 is 5.44. The zero-order valence-corrected chi connectivity index (χ0v) is 11.9. The maximum absolute atomic E-state index is 10.6. The normalized spacial score (nSPS) is 17.1. The van der Waals surface area contributed by atoms with E-state index < -0.39 is 11.0 Å². The van der Waals surface area contributed by atoms with Crippen LogP contribution in [0.3, 0.4) is 0 Å². The molecule has 1 saturated carbocycles. The summed E-state index contributed by atoms with van der Waals surface area (Å²) in [5.74, 6) is 1.03. The van der Waals surface area contributed by atoms with E-state index in [0.29, 0.717) is 11.7 Å². The average molecular weight is 300 g/mol. The number of hydrogen-bond acceptors (Lipinski definition) is 4. The van der Waals surface area contributed by atoms with Gasteiger partial charge < -0.3 is 9.84 Å². The van der Waals surface area contributed by atoms with Gasteiger partial charge in [0.1, 0.15) is 17.4 Å². The molecule has 110 valence electrons. The highest BCUT2D eigenvalue weighted by atomic mass is 35.5. The lowest BCUT2D eigenvalue weighted by atomic mass is 10.0. The molecule has 0 aliphatic heterocycles. The minimum Gasteiger partial charge on any atom is -0.491 e. The first-order chi connectivity index (χ1) is 9.56. The first kappa shape index (κ1) is 15.1. The van der Waals surface area contributed by atoms with E-state index in [9.17, 15) is 15.2 Å².